The molecule has 0 spiro atoms. The van der Waals surface area contributed by atoms with Crippen molar-refractivity contribution in [3.8, 4) is 5.75 Å². The van der Waals surface area contributed by atoms with E-state index in [1.165, 1.54) is 5.69 Å². The van der Waals surface area contributed by atoms with Crippen LogP contribution < -0.4 is 15.4 Å². The Kier molecular flexibility index (Phi) is 8.93. The predicted molar refractivity (Wildman–Crippen MR) is 127 cm³/mol. The van der Waals surface area contributed by atoms with Gasteiger partial charge in [0.25, 0.3) is 0 Å². The largest absolute Gasteiger partial charge is 0.493 e. The minimum absolute atomic E-state index is 0.237. The Morgan fingerprint density at radius 1 is 1.07 bits per heavy atom. The molecule has 0 amide bonds. The number of nitrogens with zero attached hydrogens (tertiary/aromatic N) is 3. The van der Waals surface area contributed by atoms with Crippen molar-refractivity contribution in [2.24, 2.45) is 16.8 Å². The lowest BCUT2D eigenvalue weighted by Crippen LogP contribution is -2.30. The second-order valence-corrected chi connectivity index (χ2v) is 7.67. The maximum atomic E-state index is 5.87. The zero-order valence-corrected chi connectivity index (χ0v) is 18.7. The Morgan fingerprint density at radius 3 is 2.21 bits per heavy atom. The molecule has 5 nitrogen and oxygen atoms in total. The van der Waals surface area contributed by atoms with E-state index in [9.17, 15) is 0 Å². The summed E-state index contributed by atoms with van der Waals surface area (Å²) in [6, 6.07) is 16.3. The molecule has 0 saturated carbocycles. The van der Waals surface area contributed by atoms with Gasteiger partial charge < -0.3 is 15.4 Å². The second kappa shape index (κ2) is 11.4. The minimum Gasteiger partial charge on any atom is -0.493 e. The first kappa shape index (κ1) is 22.7. The summed E-state index contributed by atoms with van der Waals surface area (Å²) in [4.78, 5) is 2.30. The summed E-state index contributed by atoms with van der Waals surface area (Å²) in [5.74, 6) is 1.36. The highest BCUT2D eigenvalue weighted by molar-refractivity contribution is 7.80. The summed E-state index contributed by atoms with van der Waals surface area (Å²) < 4.78 is 5.73. The summed E-state index contributed by atoms with van der Waals surface area (Å²) >= 11 is 5.17. The summed E-state index contributed by atoms with van der Waals surface area (Å²) in [5.41, 5.74) is 9.14. The summed E-state index contributed by atoms with van der Waals surface area (Å²) in [7, 11) is 0. The van der Waals surface area contributed by atoms with Crippen molar-refractivity contribution in [3.05, 3.63) is 59.7 Å². The van der Waals surface area contributed by atoms with Gasteiger partial charge in [-0.1, -0.05) is 38.1 Å². The van der Waals surface area contributed by atoms with E-state index in [0.29, 0.717) is 19.1 Å². The van der Waals surface area contributed by atoms with E-state index in [1.54, 1.807) is 11.2 Å². The number of anilines is 1. The van der Waals surface area contributed by atoms with Gasteiger partial charge in [-0.05, 0) is 67.4 Å². The lowest BCUT2D eigenvalue weighted by molar-refractivity contribution is 0.271. The molecule has 6 heteroatoms. The third-order valence-corrected chi connectivity index (χ3v) is 4.67. The molecule has 0 unspecified atom stereocenters. The molecule has 0 heterocycles. The fourth-order valence-corrected chi connectivity index (χ4v) is 2.91. The van der Waals surface area contributed by atoms with E-state index in [1.807, 2.05) is 24.3 Å². The number of hydrazone groups is 1. The molecule has 0 atom stereocenters. The quantitative estimate of drug-likeness (QED) is 0.350. The van der Waals surface area contributed by atoms with Crippen molar-refractivity contribution in [3.63, 3.8) is 0 Å². The summed E-state index contributed by atoms with van der Waals surface area (Å²) in [6.07, 6.45) is 1.78. The van der Waals surface area contributed by atoms with Crippen LogP contribution in [0.4, 0.5) is 5.69 Å². The fourth-order valence-electron chi connectivity index (χ4n) is 2.80. The molecule has 2 rings (SSSR count). The molecule has 0 aliphatic carbocycles. The molecule has 0 saturated heterocycles. The molecule has 2 aromatic rings. The molecule has 0 fully saturated rings. The SMILES string of the molecule is CCN(CC)c1ccc(/C=N/N(Cc2ccc(OCC(C)C)cc2)C(N)=S)cc1. The highest BCUT2D eigenvalue weighted by Gasteiger charge is 2.07. The van der Waals surface area contributed by atoms with E-state index in [2.05, 4.69) is 62.0 Å². The van der Waals surface area contributed by atoms with Crippen LogP contribution in [0.2, 0.25) is 0 Å². The lowest BCUT2D eigenvalue weighted by Gasteiger charge is -2.21. The smallest absolute Gasteiger partial charge is 0.187 e. The number of hydrogen-bond donors (Lipinski definition) is 1. The zero-order valence-electron chi connectivity index (χ0n) is 17.8. The molecule has 29 heavy (non-hydrogen) atoms. The standard InChI is InChI=1S/C23H32N4OS/c1-5-26(6-2)21-11-7-19(8-12-21)15-25-27(23(24)29)16-20-9-13-22(14-10-20)28-17-18(3)4/h7-15,18H,5-6,16-17H2,1-4H3,(H2,24,29)/b25-15+. The summed E-state index contributed by atoms with van der Waals surface area (Å²) in [6.45, 7) is 11.8. The second-order valence-electron chi connectivity index (χ2n) is 7.25. The van der Waals surface area contributed by atoms with Crippen LogP contribution in [0.3, 0.4) is 0 Å². The van der Waals surface area contributed by atoms with Crippen LogP contribution in [-0.4, -0.2) is 36.0 Å². The van der Waals surface area contributed by atoms with Crippen molar-refractivity contribution >= 4 is 29.2 Å². The number of benzene rings is 2. The number of rotatable bonds is 10. The third-order valence-electron chi connectivity index (χ3n) is 4.46. The van der Waals surface area contributed by atoms with Crippen molar-refractivity contribution in [1.82, 2.24) is 5.01 Å². The van der Waals surface area contributed by atoms with Crippen LogP contribution in [0.15, 0.2) is 53.6 Å². The first-order valence-electron chi connectivity index (χ1n) is 10.1. The van der Waals surface area contributed by atoms with Gasteiger partial charge in [-0.2, -0.15) is 5.10 Å². The van der Waals surface area contributed by atoms with Crippen molar-refractivity contribution in [2.75, 3.05) is 24.6 Å². The van der Waals surface area contributed by atoms with Gasteiger partial charge in [0.2, 0.25) is 0 Å². The average molecular weight is 413 g/mol. The molecule has 2 aromatic carbocycles. The number of hydrogen-bond acceptors (Lipinski definition) is 4. The number of ether oxygens (including phenoxy) is 1. The van der Waals surface area contributed by atoms with E-state index in [0.717, 1.165) is 30.0 Å². The molecule has 0 aromatic heterocycles. The van der Waals surface area contributed by atoms with Crippen LogP contribution in [0, 0.1) is 5.92 Å². The Morgan fingerprint density at radius 2 is 1.69 bits per heavy atom. The van der Waals surface area contributed by atoms with E-state index < -0.39 is 0 Å². The Balaban J connectivity index is 2.01. The monoisotopic (exact) mass is 412 g/mol. The van der Waals surface area contributed by atoms with Gasteiger partial charge in [-0.3, -0.25) is 0 Å². The van der Waals surface area contributed by atoms with Gasteiger partial charge in [0.1, 0.15) is 5.75 Å². The van der Waals surface area contributed by atoms with Crippen molar-refractivity contribution in [1.29, 1.82) is 0 Å². The van der Waals surface area contributed by atoms with Gasteiger partial charge >= 0.3 is 0 Å². The number of thiocarbonyl (C=S) groups is 1. The van der Waals surface area contributed by atoms with Crippen LogP contribution in [-0.2, 0) is 6.54 Å². The fraction of sp³-hybridized carbons (Fsp3) is 0.391. The maximum Gasteiger partial charge on any atom is 0.187 e. The molecular formula is C23H32N4OS. The van der Waals surface area contributed by atoms with Crippen molar-refractivity contribution < 1.29 is 4.74 Å². The Bertz CT molecular complexity index is 784. The first-order chi connectivity index (χ1) is 13.9. The van der Waals surface area contributed by atoms with Crippen LogP contribution in [0.5, 0.6) is 5.75 Å². The molecule has 0 radical (unpaired) electrons. The first-order valence-corrected chi connectivity index (χ1v) is 10.5. The van der Waals surface area contributed by atoms with Crippen LogP contribution in [0.1, 0.15) is 38.8 Å². The highest BCUT2D eigenvalue weighted by Crippen LogP contribution is 2.16. The average Bonchev–Trinajstić information content (AvgIpc) is 2.72. The van der Waals surface area contributed by atoms with Gasteiger partial charge in [0.15, 0.2) is 5.11 Å². The van der Waals surface area contributed by atoms with Gasteiger partial charge in [-0.25, -0.2) is 5.01 Å². The lowest BCUT2D eigenvalue weighted by atomic mass is 10.2. The maximum absolute atomic E-state index is 5.87. The van der Waals surface area contributed by atoms with E-state index in [4.69, 9.17) is 22.7 Å². The topological polar surface area (TPSA) is 54.1 Å². The molecule has 156 valence electrons. The van der Waals surface area contributed by atoms with Gasteiger partial charge in [0, 0.05) is 18.8 Å². The Labute approximate surface area is 180 Å². The van der Waals surface area contributed by atoms with Crippen molar-refractivity contribution in [2.45, 2.75) is 34.2 Å². The summed E-state index contributed by atoms with van der Waals surface area (Å²) in [5, 5.41) is 6.34. The zero-order chi connectivity index (χ0) is 21.2. The highest BCUT2D eigenvalue weighted by atomic mass is 32.1. The van der Waals surface area contributed by atoms with Crippen LogP contribution >= 0.6 is 12.2 Å². The molecule has 2 N–H and O–H groups in total. The minimum atomic E-state index is 0.237. The van der Waals surface area contributed by atoms with E-state index in [-0.39, 0.29) is 5.11 Å². The van der Waals surface area contributed by atoms with E-state index >= 15 is 0 Å². The molecule has 0 bridgehead atoms. The molecule has 0 aliphatic heterocycles. The predicted octanol–water partition coefficient (Wildman–Crippen LogP) is 4.65. The normalized spacial score (nSPS) is 11.1. The van der Waals surface area contributed by atoms with Crippen LogP contribution in [0.25, 0.3) is 0 Å². The van der Waals surface area contributed by atoms with Gasteiger partial charge in [-0.15, -0.1) is 0 Å². The third kappa shape index (κ3) is 7.38. The Hall–Kier alpha value is -2.60. The molecule has 0 aliphatic rings. The van der Waals surface area contributed by atoms with Gasteiger partial charge in [0.05, 0.1) is 19.4 Å². The molecular weight excluding hydrogens is 380 g/mol. The number of nitrogens with two attached hydrogens (primary N) is 1.